The van der Waals surface area contributed by atoms with Crippen LogP contribution in [0.4, 0.5) is 0 Å². The van der Waals surface area contributed by atoms with Gasteiger partial charge in [-0.1, -0.05) is 45.0 Å². The molecule has 0 spiro atoms. The lowest BCUT2D eigenvalue weighted by molar-refractivity contribution is 0.181. The van der Waals surface area contributed by atoms with E-state index >= 15 is 0 Å². The number of hydrogen-bond acceptors (Lipinski definition) is 3. The fourth-order valence-corrected chi connectivity index (χ4v) is 2.42. The summed E-state index contributed by atoms with van der Waals surface area (Å²) in [5.41, 5.74) is 2.26. The van der Waals surface area contributed by atoms with E-state index < -0.39 is 6.10 Å². The minimum atomic E-state index is -0.596. The smallest absolute Gasteiger partial charge is 0.191 e. The van der Waals surface area contributed by atoms with E-state index in [1.54, 1.807) is 6.26 Å². The Balaban J connectivity index is 1.93. The summed E-state index contributed by atoms with van der Waals surface area (Å²) in [6.45, 7) is 10.1. The number of benzene rings is 1. The predicted octanol–water partition coefficient (Wildman–Crippen LogP) is 3.37. The monoisotopic (exact) mass is 343 g/mol. The number of guanidine groups is 1. The van der Waals surface area contributed by atoms with Crippen LogP contribution in [0.25, 0.3) is 0 Å². The van der Waals surface area contributed by atoms with Crippen molar-refractivity contribution in [3.05, 3.63) is 59.5 Å². The SMILES string of the molecule is CCNC(=NCc1ccco1)NCC(O)c1ccc(C(C)(C)C)cc1. The Labute approximate surface area is 150 Å². The fourth-order valence-electron chi connectivity index (χ4n) is 2.42. The number of nitrogens with zero attached hydrogens (tertiary/aromatic N) is 1. The van der Waals surface area contributed by atoms with Crippen molar-refractivity contribution >= 4 is 5.96 Å². The molecule has 1 heterocycles. The molecule has 2 aromatic rings. The molecule has 0 saturated carbocycles. The summed E-state index contributed by atoms with van der Waals surface area (Å²) < 4.78 is 5.28. The summed E-state index contributed by atoms with van der Waals surface area (Å²) >= 11 is 0. The molecule has 5 nitrogen and oxygen atoms in total. The third kappa shape index (κ3) is 5.94. The highest BCUT2D eigenvalue weighted by Crippen LogP contribution is 2.23. The molecule has 0 aliphatic rings. The Kier molecular flexibility index (Phi) is 6.65. The van der Waals surface area contributed by atoms with Crippen LogP contribution in [-0.4, -0.2) is 24.2 Å². The van der Waals surface area contributed by atoms with Crippen LogP contribution in [0.1, 0.15) is 50.7 Å². The first kappa shape index (κ1) is 19.1. The number of furan rings is 1. The van der Waals surface area contributed by atoms with E-state index in [1.807, 2.05) is 31.2 Å². The minimum absolute atomic E-state index is 0.110. The fraction of sp³-hybridized carbons (Fsp3) is 0.450. The average Bonchev–Trinajstić information content (AvgIpc) is 3.10. The number of aliphatic hydroxyl groups excluding tert-OH is 1. The summed E-state index contributed by atoms with van der Waals surface area (Å²) in [4.78, 5) is 4.46. The molecular weight excluding hydrogens is 314 g/mol. The zero-order chi connectivity index (χ0) is 18.3. The highest BCUT2D eigenvalue weighted by molar-refractivity contribution is 5.79. The van der Waals surface area contributed by atoms with Crippen LogP contribution in [0.2, 0.25) is 0 Å². The molecular formula is C20H29N3O2. The summed E-state index contributed by atoms with van der Waals surface area (Å²) in [6, 6.07) is 11.9. The van der Waals surface area contributed by atoms with Gasteiger partial charge in [-0.15, -0.1) is 0 Å². The second-order valence-corrected chi connectivity index (χ2v) is 7.04. The van der Waals surface area contributed by atoms with Crippen LogP contribution in [0.5, 0.6) is 0 Å². The van der Waals surface area contributed by atoms with Gasteiger partial charge in [0.25, 0.3) is 0 Å². The first-order valence-electron chi connectivity index (χ1n) is 8.73. The number of aliphatic imine (C=N–C) groups is 1. The van der Waals surface area contributed by atoms with E-state index in [2.05, 4.69) is 48.5 Å². The number of nitrogens with one attached hydrogen (secondary N) is 2. The molecule has 5 heteroatoms. The minimum Gasteiger partial charge on any atom is -0.467 e. The number of rotatable bonds is 6. The van der Waals surface area contributed by atoms with Crippen molar-refractivity contribution in [1.82, 2.24) is 10.6 Å². The van der Waals surface area contributed by atoms with Gasteiger partial charge in [-0.05, 0) is 35.6 Å². The molecule has 0 aliphatic carbocycles. The number of aliphatic hydroxyl groups is 1. The first-order valence-corrected chi connectivity index (χ1v) is 8.73. The third-order valence-corrected chi connectivity index (χ3v) is 3.94. The lowest BCUT2D eigenvalue weighted by Gasteiger charge is -2.20. The topological polar surface area (TPSA) is 69.8 Å². The molecule has 0 aliphatic heterocycles. The molecule has 1 aromatic heterocycles. The molecule has 1 aromatic carbocycles. The van der Waals surface area contributed by atoms with Gasteiger partial charge in [-0.2, -0.15) is 0 Å². The Morgan fingerprint density at radius 2 is 1.88 bits per heavy atom. The van der Waals surface area contributed by atoms with Crippen LogP contribution >= 0.6 is 0 Å². The van der Waals surface area contributed by atoms with Gasteiger partial charge in [0.05, 0.1) is 12.4 Å². The van der Waals surface area contributed by atoms with E-state index in [4.69, 9.17) is 4.42 Å². The summed E-state index contributed by atoms with van der Waals surface area (Å²) in [7, 11) is 0. The van der Waals surface area contributed by atoms with Crippen molar-refractivity contribution in [2.75, 3.05) is 13.1 Å². The summed E-state index contributed by atoms with van der Waals surface area (Å²) in [5.74, 6) is 1.46. The molecule has 0 bridgehead atoms. The van der Waals surface area contributed by atoms with Crippen molar-refractivity contribution in [3.8, 4) is 0 Å². The highest BCUT2D eigenvalue weighted by Gasteiger charge is 2.14. The van der Waals surface area contributed by atoms with Crippen molar-refractivity contribution < 1.29 is 9.52 Å². The second kappa shape index (κ2) is 8.72. The van der Waals surface area contributed by atoms with Crippen LogP contribution in [0.15, 0.2) is 52.1 Å². The van der Waals surface area contributed by atoms with Crippen molar-refractivity contribution in [3.63, 3.8) is 0 Å². The maximum atomic E-state index is 10.4. The largest absolute Gasteiger partial charge is 0.467 e. The van der Waals surface area contributed by atoms with Crippen molar-refractivity contribution in [2.45, 2.75) is 45.8 Å². The van der Waals surface area contributed by atoms with E-state index in [0.717, 1.165) is 17.9 Å². The molecule has 0 fully saturated rings. The Morgan fingerprint density at radius 3 is 2.44 bits per heavy atom. The van der Waals surface area contributed by atoms with Crippen LogP contribution < -0.4 is 10.6 Å². The van der Waals surface area contributed by atoms with E-state index in [0.29, 0.717) is 19.0 Å². The lowest BCUT2D eigenvalue weighted by atomic mass is 9.86. The van der Waals surface area contributed by atoms with E-state index in [9.17, 15) is 5.11 Å². The van der Waals surface area contributed by atoms with Gasteiger partial charge in [-0.3, -0.25) is 0 Å². The quantitative estimate of drug-likeness (QED) is 0.556. The van der Waals surface area contributed by atoms with E-state index in [-0.39, 0.29) is 5.41 Å². The highest BCUT2D eigenvalue weighted by atomic mass is 16.3. The molecule has 0 radical (unpaired) electrons. The Hall–Kier alpha value is -2.27. The van der Waals surface area contributed by atoms with Gasteiger partial charge in [0.1, 0.15) is 12.3 Å². The van der Waals surface area contributed by atoms with Crippen molar-refractivity contribution in [1.29, 1.82) is 0 Å². The maximum Gasteiger partial charge on any atom is 0.191 e. The zero-order valence-electron chi connectivity index (χ0n) is 15.5. The zero-order valence-corrected chi connectivity index (χ0v) is 15.5. The molecule has 0 saturated heterocycles. The second-order valence-electron chi connectivity index (χ2n) is 7.04. The Bertz CT molecular complexity index is 655. The first-order chi connectivity index (χ1) is 11.9. The third-order valence-electron chi connectivity index (χ3n) is 3.94. The van der Waals surface area contributed by atoms with Crippen molar-refractivity contribution in [2.24, 2.45) is 4.99 Å². The van der Waals surface area contributed by atoms with Crippen LogP contribution in [0.3, 0.4) is 0 Å². The molecule has 25 heavy (non-hydrogen) atoms. The summed E-state index contributed by atoms with van der Waals surface area (Å²) in [6.07, 6.45) is 1.04. The van der Waals surface area contributed by atoms with Gasteiger partial charge in [-0.25, -0.2) is 4.99 Å². The molecule has 2 rings (SSSR count). The van der Waals surface area contributed by atoms with Gasteiger partial charge in [0.2, 0.25) is 0 Å². The summed E-state index contributed by atoms with van der Waals surface area (Å²) in [5, 5.41) is 16.8. The maximum absolute atomic E-state index is 10.4. The number of hydrogen-bond donors (Lipinski definition) is 3. The van der Waals surface area contributed by atoms with Gasteiger partial charge >= 0.3 is 0 Å². The van der Waals surface area contributed by atoms with Crippen LogP contribution in [-0.2, 0) is 12.0 Å². The van der Waals surface area contributed by atoms with Gasteiger partial charge < -0.3 is 20.2 Å². The van der Waals surface area contributed by atoms with Gasteiger partial charge in [0, 0.05) is 13.1 Å². The molecule has 136 valence electrons. The van der Waals surface area contributed by atoms with Crippen LogP contribution in [0, 0.1) is 0 Å². The standard InChI is InChI=1S/C20H29N3O2/c1-5-21-19(22-13-17-7-6-12-25-17)23-14-18(24)15-8-10-16(11-9-15)20(2,3)4/h6-12,18,24H,5,13-14H2,1-4H3,(H2,21,22,23). The lowest BCUT2D eigenvalue weighted by Crippen LogP contribution is -2.39. The molecule has 0 amide bonds. The normalized spacial score (nSPS) is 13.6. The molecule has 1 atom stereocenters. The molecule has 1 unspecified atom stereocenters. The predicted molar refractivity (Wildman–Crippen MR) is 102 cm³/mol. The van der Waals surface area contributed by atoms with Gasteiger partial charge in [0.15, 0.2) is 5.96 Å². The molecule has 3 N–H and O–H groups in total. The average molecular weight is 343 g/mol. The Morgan fingerprint density at radius 1 is 1.16 bits per heavy atom. The van der Waals surface area contributed by atoms with E-state index in [1.165, 1.54) is 5.56 Å².